The van der Waals surface area contributed by atoms with Crippen LogP contribution in [0.1, 0.15) is 31.1 Å². The molecule has 0 bridgehead atoms. The Labute approximate surface area is 118 Å². The summed E-state index contributed by atoms with van der Waals surface area (Å²) in [5, 5.41) is 3.55. The molecule has 16 heavy (non-hydrogen) atoms. The molecule has 1 saturated carbocycles. The Morgan fingerprint density at radius 1 is 1.50 bits per heavy atom. The van der Waals surface area contributed by atoms with Crippen LogP contribution in [0.4, 0.5) is 0 Å². The lowest BCUT2D eigenvalue weighted by molar-refractivity contribution is 0.533. The summed E-state index contributed by atoms with van der Waals surface area (Å²) < 4.78 is 2.43. The highest BCUT2D eigenvalue weighted by Crippen LogP contribution is 2.51. The molecule has 0 spiro atoms. The second kappa shape index (κ2) is 5.51. The minimum atomic E-state index is 0.752. The first kappa shape index (κ1) is 13.1. The molecule has 1 heterocycles. The van der Waals surface area contributed by atoms with Gasteiger partial charge in [0.15, 0.2) is 0 Å². The lowest BCUT2D eigenvalue weighted by atomic mass is 10.2. The summed E-state index contributed by atoms with van der Waals surface area (Å²) in [4.78, 5) is 1.52. The van der Waals surface area contributed by atoms with Crippen LogP contribution in [-0.4, -0.2) is 13.1 Å². The Morgan fingerprint density at radius 2 is 2.25 bits per heavy atom. The van der Waals surface area contributed by atoms with Crippen molar-refractivity contribution in [1.82, 2.24) is 5.32 Å². The standard InChI is InChI=1S/C12H17Br2NS/c1-7(2)5-15-6-8-3-9(8)11-4-10(13)12(14)16-11/h4,7-9,15H,3,5-6H2,1-2H3. The van der Waals surface area contributed by atoms with Gasteiger partial charge in [0.05, 0.1) is 3.79 Å². The van der Waals surface area contributed by atoms with Gasteiger partial charge in [-0.3, -0.25) is 0 Å². The summed E-state index contributed by atoms with van der Waals surface area (Å²) in [5.41, 5.74) is 0. The van der Waals surface area contributed by atoms with Crippen molar-refractivity contribution in [3.05, 3.63) is 19.2 Å². The first-order valence-electron chi connectivity index (χ1n) is 5.73. The Bertz CT molecular complexity index is 342. The molecule has 0 aliphatic heterocycles. The highest BCUT2D eigenvalue weighted by Gasteiger charge is 2.39. The van der Waals surface area contributed by atoms with Gasteiger partial charge >= 0.3 is 0 Å². The average Bonchev–Trinajstić information content (AvgIpc) is 2.88. The predicted molar refractivity (Wildman–Crippen MR) is 78.3 cm³/mol. The molecule has 0 amide bonds. The number of thiophene rings is 1. The fourth-order valence-electron chi connectivity index (χ4n) is 1.93. The van der Waals surface area contributed by atoms with Gasteiger partial charge in [-0.05, 0) is 75.2 Å². The number of rotatable bonds is 5. The molecular formula is C12H17Br2NS. The van der Waals surface area contributed by atoms with E-state index in [2.05, 4.69) is 57.1 Å². The third-order valence-corrected chi connectivity index (χ3v) is 6.30. The lowest BCUT2D eigenvalue weighted by Crippen LogP contribution is -2.22. The maximum atomic E-state index is 3.56. The van der Waals surface area contributed by atoms with Crippen molar-refractivity contribution >= 4 is 43.2 Å². The molecule has 0 aromatic carbocycles. The molecule has 1 N–H and O–H groups in total. The van der Waals surface area contributed by atoms with Gasteiger partial charge in [-0.25, -0.2) is 0 Å². The van der Waals surface area contributed by atoms with Crippen molar-refractivity contribution in [2.75, 3.05) is 13.1 Å². The number of hydrogen-bond donors (Lipinski definition) is 1. The van der Waals surface area contributed by atoms with E-state index in [1.54, 1.807) is 0 Å². The minimum absolute atomic E-state index is 0.752. The van der Waals surface area contributed by atoms with Crippen molar-refractivity contribution in [2.45, 2.75) is 26.2 Å². The molecule has 0 saturated heterocycles. The quantitative estimate of drug-likeness (QED) is 0.801. The van der Waals surface area contributed by atoms with Crippen LogP contribution in [-0.2, 0) is 0 Å². The van der Waals surface area contributed by atoms with E-state index < -0.39 is 0 Å². The van der Waals surface area contributed by atoms with E-state index in [-0.39, 0.29) is 0 Å². The van der Waals surface area contributed by atoms with Gasteiger partial charge in [0.1, 0.15) is 0 Å². The van der Waals surface area contributed by atoms with Gasteiger partial charge < -0.3 is 5.32 Å². The van der Waals surface area contributed by atoms with Crippen molar-refractivity contribution in [3.8, 4) is 0 Å². The molecule has 2 atom stereocenters. The lowest BCUT2D eigenvalue weighted by Gasteiger charge is -2.06. The molecule has 1 fully saturated rings. The first-order valence-corrected chi connectivity index (χ1v) is 8.13. The third kappa shape index (κ3) is 3.31. The largest absolute Gasteiger partial charge is 0.316 e. The molecule has 1 nitrogen and oxygen atoms in total. The van der Waals surface area contributed by atoms with Crippen LogP contribution in [0.25, 0.3) is 0 Å². The van der Waals surface area contributed by atoms with Gasteiger partial charge in [0.25, 0.3) is 0 Å². The van der Waals surface area contributed by atoms with Crippen LogP contribution in [0.3, 0.4) is 0 Å². The average molecular weight is 367 g/mol. The van der Waals surface area contributed by atoms with E-state index in [1.165, 1.54) is 26.1 Å². The smallest absolute Gasteiger partial charge is 0.0843 e. The van der Waals surface area contributed by atoms with Gasteiger partial charge in [0, 0.05) is 9.35 Å². The maximum Gasteiger partial charge on any atom is 0.0843 e. The second-order valence-corrected chi connectivity index (χ2v) is 8.18. The number of hydrogen-bond acceptors (Lipinski definition) is 2. The molecule has 1 aromatic rings. The van der Waals surface area contributed by atoms with E-state index in [4.69, 9.17) is 0 Å². The monoisotopic (exact) mass is 365 g/mol. The van der Waals surface area contributed by atoms with Crippen LogP contribution in [0, 0.1) is 11.8 Å². The minimum Gasteiger partial charge on any atom is -0.316 e. The maximum absolute atomic E-state index is 3.56. The van der Waals surface area contributed by atoms with E-state index in [0.717, 1.165) is 24.3 Å². The van der Waals surface area contributed by atoms with E-state index in [0.29, 0.717) is 0 Å². The zero-order valence-corrected chi connectivity index (χ0v) is 13.6. The Balaban J connectivity index is 1.78. The first-order chi connectivity index (χ1) is 7.58. The molecule has 2 rings (SSSR count). The van der Waals surface area contributed by atoms with Crippen LogP contribution in [0.5, 0.6) is 0 Å². The van der Waals surface area contributed by atoms with E-state index in [1.807, 2.05) is 11.3 Å². The topological polar surface area (TPSA) is 12.0 Å². The Kier molecular flexibility index (Phi) is 4.50. The molecule has 4 heteroatoms. The summed E-state index contributed by atoms with van der Waals surface area (Å²) in [5.74, 6) is 2.41. The molecular weight excluding hydrogens is 350 g/mol. The zero-order valence-electron chi connectivity index (χ0n) is 9.59. The summed E-state index contributed by atoms with van der Waals surface area (Å²) in [6.45, 7) is 6.83. The van der Waals surface area contributed by atoms with Gasteiger partial charge in [0.2, 0.25) is 0 Å². The fourth-order valence-corrected chi connectivity index (χ4v) is 4.22. The van der Waals surface area contributed by atoms with E-state index >= 15 is 0 Å². The second-order valence-electron chi connectivity index (χ2n) is 4.92. The van der Waals surface area contributed by atoms with Crippen LogP contribution in [0.2, 0.25) is 0 Å². The molecule has 2 unspecified atom stereocenters. The van der Waals surface area contributed by atoms with Crippen molar-refractivity contribution < 1.29 is 0 Å². The highest BCUT2D eigenvalue weighted by atomic mass is 79.9. The molecule has 1 aliphatic rings. The summed E-state index contributed by atoms with van der Waals surface area (Å²) >= 11 is 8.98. The van der Waals surface area contributed by atoms with Crippen molar-refractivity contribution in [2.24, 2.45) is 11.8 Å². The fraction of sp³-hybridized carbons (Fsp3) is 0.667. The summed E-state index contributed by atoms with van der Waals surface area (Å²) in [6.07, 6.45) is 1.35. The van der Waals surface area contributed by atoms with Crippen LogP contribution in [0.15, 0.2) is 14.3 Å². The normalized spacial score (nSPS) is 24.1. The van der Waals surface area contributed by atoms with Gasteiger partial charge in [-0.2, -0.15) is 0 Å². The number of halogens is 2. The zero-order chi connectivity index (χ0) is 11.7. The van der Waals surface area contributed by atoms with Crippen LogP contribution >= 0.6 is 43.2 Å². The highest BCUT2D eigenvalue weighted by molar-refractivity contribution is 9.13. The van der Waals surface area contributed by atoms with Crippen molar-refractivity contribution in [3.63, 3.8) is 0 Å². The third-order valence-electron chi connectivity index (χ3n) is 2.91. The van der Waals surface area contributed by atoms with Gasteiger partial charge in [-0.15, -0.1) is 11.3 Å². The SMILES string of the molecule is CC(C)CNCC1CC1c1cc(Br)c(Br)s1. The Hall–Kier alpha value is 0.620. The molecule has 1 aliphatic carbocycles. The predicted octanol–water partition coefficient (Wildman–Crippen LogP) is 4.62. The summed E-state index contributed by atoms with van der Waals surface area (Å²) in [7, 11) is 0. The molecule has 90 valence electrons. The van der Waals surface area contributed by atoms with E-state index in [9.17, 15) is 0 Å². The summed E-state index contributed by atoms with van der Waals surface area (Å²) in [6, 6.07) is 2.27. The molecule has 0 radical (unpaired) electrons. The van der Waals surface area contributed by atoms with Crippen molar-refractivity contribution in [1.29, 1.82) is 0 Å². The van der Waals surface area contributed by atoms with Crippen LogP contribution < -0.4 is 5.32 Å². The Morgan fingerprint density at radius 3 is 2.81 bits per heavy atom. The number of nitrogens with one attached hydrogen (secondary N) is 1. The van der Waals surface area contributed by atoms with Gasteiger partial charge in [-0.1, -0.05) is 13.8 Å². The molecule has 1 aromatic heterocycles.